The highest BCUT2D eigenvalue weighted by atomic mass is 35.5. The van der Waals surface area contributed by atoms with Gasteiger partial charge in [-0.3, -0.25) is 9.71 Å². The van der Waals surface area contributed by atoms with E-state index in [-0.39, 0.29) is 11.5 Å². The largest absolute Gasteiger partial charge is 0.392 e. The molecule has 0 spiro atoms. The van der Waals surface area contributed by atoms with Crippen LogP contribution in [0.5, 0.6) is 0 Å². The van der Waals surface area contributed by atoms with Gasteiger partial charge in [-0.05, 0) is 42.3 Å². The van der Waals surface area contributed by atoms with Gasteiger partial charge in [-0.15, -0.1) is 0 Å². The molecule has 20 heavy (non-hydrogen) atoms. The third-order valence-corrected chi connectivity index (χ3v) is 4.49. The van der Waals surface area contributed by atoms with Crippen molar-refractivity contribution in [3.8, 4) is 0 Å². The molecule has 0 aliphatic carbocycles. The van der Waals surface area contributed by atoms with Crippen molar-refractivity contribution in [2.24, 2.45) is 0 Å². The van der Waals surface area contributed by atoms with E-state index in [0.29, 0.717) is 21.8 Å². The summed E-state index contributed by atoms with van der Waals surface area (Å²) in [5.41, 5.74) is 1.54. The molecule has 5 nitrogen and oxygen atoms in total. The number of nitrogens with zero attached hydrogens (tertiary/aromatic N) is 1. The van der Waals surface area contributed by atoms with Crippen LogP contribution < -0.4 is 4.72 Å². The Morgan fingerprint density at radius 1 is 1.35 bits per heavy atom. The Morgan fingerprint density at radius 3 is 2.75 bits per heavy atom. The Bertz CT molecular complexity index is 732. The van der Waals surface area contributed by atoms with E-state index in [1.165, 1.54) is 24.4 Å². The quantitative estimate of drug-likeness (QED) is 0.908. The molecule has 0 saturated carbocycles. The molecular weight excluding hydrogens is 300 g/mol. The summed E-state index contributed by atoms with van der Waals surface area (Å²) in [4.78, 5) is 3.94. The molecule has 0 fully saturated rings. The Kier molecular flexibility index (Phi) is 4.27. The standard InChI is InChI=1S/C13H13ClN2O3S/c1-9-7-15-5-4-13(9)16-20(18,19)11-2-3-12(14)10(6-11)8-17/h2-7,17H,8H2,1H3,(H,15,16). The van der Waals surface area contributed by atoms with Crippen LogP contribution in [-0.4, -0.2) is 18.5 Å². The number of halogens is 1. The van der Waals surface area contributed by atoms with Crippen molar-refractivity contribution in [2.75, 3.05) is 4.72 Å². The van der Waals surface area contributed by atoms with Crippen molar-refractivity contribution in [2.45, 2.75) is 18.4 Å². The van der Waals surface area contributed by atoms with Gasteiger partial charge in [-0.2, -0.15) is 0 Å². The molecule has 2 aromatic rings. The van der Waals surface area contributed by atoms with Crippen molar-refractivity contribution >= 4 is 27.3 Å². The molecule has 0 amide bonds. The number of pyridine rings is 1. The normalized spacial score (nSPS) is 11.3. The number of hydrogen-bond acceptors (Lipinski definition) is 4. The number of hydrogen-bond donors (Lipinski definition) is 2. The number of benzene rings is 1. The summed E-state index contributed by atoms with van der Waals surface area (Å²) in [6, 6.07) is 5.76. The van der Waals surface area contributed by atoms with Gasteiger partial charge < -0.3 is 5.11 Å². The van der Waals surface area contributed by atoms with Gasteiger partial charge >= 0.3 is 0 Å². The van der Waals surface area contributed by atoms with E-state index >= 15 is 0 Å². The number of aromatic nitrogens is 1. The van der Waals surface area contributed by atoms with Crippen LogP contribution in [0.15, 0.2) is 41.6 Å². The third kappa shape index (κ3) is 3.09. The van der Waals surface area contributed by atoms with Gasteiger partial charge in [-0.25, -0.2) is 8.42 Å². The summed E-state index contributed by atoms with van der Waals surface area (Å²) < 4.78 is 27.0. The van der Waals surface area contributed by atoms with E-state index < -0.39 is 10.0 Å². The van der Waals surface area contributed by atoms with Crippen molar-refractivity contribution in [1.82, 2.24) is 4.98 Å². The summed E-state index contributed by atoms with van der Waals surface area (Å²) in [5, 5.41) is 9.46. The molecule has 0 unspecified atom stereocenters. The van der Waals surface area contributed by atoms with Crippen LogP contribution in [-0.2, 0) is 16.6 Å². The molecule has 0 bridgehead atoms. The van der Waals surface area contributed by atoms with Crippen molar-refractivity contribution < 1.29 is 13.5 Å². The molecule has 1 aromatic carbocycles. The molecule has 0 saturated heterocycles. The number of aliphatic hydroxyl groups excluding tert-OH is 1. The first-order valence-electron chi connectivity index (χ1n) is 5.77. The van der Waals surface area contributed by atoms with E-state index in [9.17, 15) is 8.42 Å². The van der Waals surface area contributed by atoms with Crippen molar-refractivity contribution in [3.63, 3.8) is 0 Å². The lowest BCUT2D eigenvalue weighted by Crippen LogP contribution is -2.14. The van der Waals surface area contributed by atoms with Crippen molar-refractivity contribution in [3.05, 3.63) is 52.8 Å². The van der Waals surface area contributed by atoms with E-state index in [1.54, 1.807) is 19.2 Å². The number of aliphatic hydroxyl groups is 1. The highest BCUT2D eigenvalue weighted by Gasteiger charge is 2.16. The fraction of sp³-hybridized carbons (Fsp3) is 0.154. The van der Waals surface area contributed by atoms with Crippen LogP contribution in [0.1, 0.15) is 11.1 Å². The third-order valence-electron chi connectivity index (χ3n) is 2.76. The van der Waals surface area contributed by atoms with Gasteiger partial charge in [0, 0.05) is 17.4 Å². The smallest absolute Gasteiger partial charge is 0.261 e. The van der Waals surface area contributed by atoms with Gasteiger partial charge in [0.15, 0.2) is 0 Å². The van der Waals surface area contributed by atoms with Gasteiger partial charge in [0.05, 0.1) is 17.2 Å². The van der Waals surface area contributed by atoms with E-state index in [2.05, 4.69) is 9.71 Å². The molecular formula is C13H13ClN2O3S. The average molecular weight is 313 g/mol. The van der Waals surface area contributed by atoms with E-state index in [0.717, 1.165) is 0 Å². The summed E-state index contributed by atoms with van der Waals surface area (Å²) >= 11 is 5.85. The van der Waals surface area contributed by atoms with Gasteiger partial charge in [-0.1, -0.05) is 11.6 Å². The summed E-state index contributed by atoms with van der Waals surface area (Å²) in [5.74, 6) is 0. The lowest BCUT2D eigenvalue weighted by atomic mass is 10.2. The molecule has 2 rings (SSSR count). The zero-order valence-corrected chi connectivity index (χ0v) is 12.2. The first kappa shape index (κ1) is 14.8. The lowest BCUT2D eigenvalue weighted by molar-refractivity contribution is 0.281. The molecule has 1 aromatic heterocycles. The summed E-state index contributed by atoms with van der Waals surface area (Å²) in [6.45, 7) is 1.43. The monoisotopic (exact) mass is 312 g/mol. The van der Waals surface area contributed by atoms with Crippen LogP contribution >= 0.6 is 11.6 Å². The maximum Gasteiger partial charge on any atom is 0.261 e. The molecule has 0 aliphatic rings. The molecule has 0 atom stereocenters. The number of aryl methyl sites for hydroxylation is 1. The zero-order valence-electron chi connectivity index (χ0n) is 10.7. The first-order valence-corrected chi connectivity index (χ1v) is 7.63. The topological polar surface area (TPSA) is 79.3 Å². The number of nitrogens with one attached hydrogen (secondary N) is 1. The molecule has 0 radical (unpaired) electrons. The minimum absolute atomic E-state index is 0.0437. The Hall–Kier alpha value is -1.63. The van der Waals surface area contributed by atoms with Crippen molar-refractivity contribution in [1.29, 1.82) is 0 Å². The molecule has 106 valence electrons. The van der Waals surface area contributed by atoms with Crippen LogP contribution in [0.25, 0.3) is 0 Å². The maximum atomic E-state index is 12.3. The molecule has 2 N–H and O–H groups in total. The Balaban J connectivity index is 2.38. The Labute approximate surface area is 122 Å². The minimum Gasteiger partial charge on any atom is -0.392 e. The number of sulfonamides is 1. The Morgan fingerprint density at radius 2 is 2.10 bits per heavy atom. The average Bonchev–Trinajstić information content (AvgIpc) is 2.41. The lowest BCUT2D eigenvalue weighted by Gasteiger charge is -2.11. The number of anilines is 1. The summed E-state index contributed by atoms with van der Waals surface area (Å²) in [7, 11) is -3.73. The second kappa shape index (κ2) is 5.78. The van der Waals surface area contributed by atoms with Crippen LogP contribution in [0.4, 0.5) is 5.69 Å². The zero-order chi connectivity index (χ0) is 14.8. The van der Waals surface area contributed by atoms with E-state index in [1.807, 2.05) is 0 Å². The number of rotatable bonds is 4. The minimum atomic E-state index is -3.73. The second-order valence-electron chi connectivity index (χ2n) is 4.21. The summed E-state index contributed by atoms with van der Waals surface area (Å²) in [6.07, 6.45) is 3.07. The second-order valence-corrected chi connectivity index (χ2v) is 6.30. The van der Waals surface area contributed by atoms with Crippen LogP contribution in [0.3, 0.4) is 0 Å². The SMILES string of the molecule is Cc1cnccc1NS(=O)(=O)c1ccc(Cl)c(CO)c1. The predicted molar refractivity (Wildman–Crippen MR) is 77.2 cm³/mol. The van der Waals surface area contributed by atoms with Gasteiger partial charge in [0.1, 0.15) is 0 Å². The first-order chi connectivity index (χ1) is 9.44. The highest BCUT2D eigenvalue weighted by Crippen LogP contribution is 2.23. The van der Waals surface area contributed by atoms with Crippen LogP contribution in [0.2, 0.25) is 5.02 Å². The molecule has 1 heterocycles. The fourth-order valence-electron chi connectivity index (χ4n) is 1.63. The van der Waals surface area contributed by atoms with Gasteiger partial charge in [0.2, 0.25) is 0 Å². The van der Waals surface area contributed by atoms with Crippen LogP contribution in [0, 0.1) is 6.92 Å². The molecule has 7 heteroatoms. The van der Waals surface area contributed by atoms with Gasteiger partial charge in [0.25, 0.3) is 10.0 Å². The predicted octanol–water partition coefficient (Wildman–Crippen LogP) is 2.34. The maximum absolute atomic E-state index is 12.3. The van der Waals surface area contributed by atoms with E-state index in [4.69, 9.17) is 16.7 Å². The highest BCUT2D eigenvalue weighted by molar-refractivity contribution is 7.92. The molecule has 0 aliphatic heterocycles. The fourth-order valence-corrected chi connectivity index (χ4v) is 2.99.